The molecule has 1 aromatic carbocycles. The number of pyridine rings is 1. The number of hydrogen-bond donors (Lipinski definition) is 0. The van der Waals surface area contributed by atoms with Crippen LogP contribution in [-0.2, 0) is 4.79 Å². The number of amides is 2. The summed E-state index contributed by atoms with van der Waals surface area (Å²) in [5, 5.41) is 2.00. The van der Waals surface area contributed by atoms with Crippen LogP contribution in [0.15, 0.2) is 66.2 Å². The molecular formula is C24H24N4O2S. The van der Waals surface area contributed by atoms with E-state index < -0.39 is 5.92 Å². The van der Waals surface area contributed by atoms with E-state index in [9.17, 15) is 9.59 Å². The first-order chi connectivity index (χ1) is 15.1. The van der Waals surface area contributed by atoms with Crippen LogP contribution < -0.4 is 4.90 Å². The summed E-state index contributed by atoms with van der Waals surface area (Å²) < 4.78 is 0. The summed E-state index contributed by atoms with van der Waals surface area (Å²) in [6.45, 7) is 2.77. The first kappa shape index (κ1) is 19.8. The molecule has 3 aromatic rings. The fourth-order valence-corrected chi connectivity index (χ4v) is 5.55. The Morgan fingerprint density at radius 1 is 1.00 bits per heavy atom. The third-order valence-corrected chi connectivity index (χ3v) is 7.19. The monoisotopic (exact) mass is 432 g/mol. The van der Waals surface area contributed by atoms with Crippen molar-refractivity contribution in [1.82, 2.24) is 14.8 Å². The number of piperazine rings is 1. The van der Waals surface area contributed by atoms with Gasteiger partial charge in [-0.1, -0.05) is 30.3 Å². The van der Waals surface area contributed by atoms with Crippen molar-refractivity contribution in [3.05, 3.63) is 82.2 Å². The second kappa shape index (κ2) is 8.15. The van der Waals surface area contributed by atoms with Crippen molar-refractivity contribution in [2.75, 3.05) is 38.1 Å². The molecule has 2 aliphatic heterocycles. The van der Waals surface area contributed by atoms with Gasteiger partial charge in [0, 0.05) is 49.9 Å². The number of nitrogens with zero attached hydrogens (tertiary/aromatic N) is 4. The van der Waals surface area contributed by atoms with Crippen LogP contribution in [0.3, 0.4) is 0 Å². The summed E-state index contributed by atoms with van der Waals surface area (Å²) in [6, 6.07) is 17.2. The molecule has 0 aliphatic carbocycles. The second-order valence-electron chi connectivity index (χ2n) is 7.94. The molecule has 31 heavy (non-hydrogen) atoms. The van der Waals surface area contributed by atoms with Gasteiger partial charge in [0.15, 0.2) is 0 Å². The number of carbonyl (C=O) groups excluding carboxylic acids is 2. The number of benzene rings is 1. The zero-order valence-electron chi connectivity index (χ0n) is 17.3. The average Bonchev–Trinajstić information content (AvgIpc) is 3.36. The van der Waals surface area contributed by atoms with Crippen molar-refractivity contribution in [2.24, 2.45) is 0 Å². The predicted molar refractivity (Wildman–Crippen MR) is 121 cm³/mol. The molecule has 5 rings (SSSR count). The van der Waals surface area contributed by atoms with Gasteiger partial charge < -0.3 is 14.7 Å². The summed E-state index contributed by atoms with van der Waals surface area (Å²) in [5.74, 6) is 0.599. The molecule has 2 amide bonds. The zero-order chi connectivity index (χ0) is 21.4. The molecule has 2 atom stereocenters. The molecule has 1 saturated heterocycles. The van der Waals surface area contributed by atoms with Gasteiger partial charge in [-0.25, -0.2) is 4.98 Å². The van der Waals surface area contributed by atoms with Crippen molar-refractivity contribution in [3.63, 3.8) is 0 Å². The quantitative estimate of drug-likeness (QED) is 0.637. The lowest BCUT2D eigenvalue weighted by Crippen LogP contribution is -2.53. The lowest BCUT2D eigenvalue weighted by Gasteiger charge is -2.43. The van der Waals surface area contributed by atoms with E-state index in [1.54, 1.807) is 22.4 Å². The normalized spacial score (nSPS) is 21.2. The molecule has 4 heterocycles. The van der Waals surface area contributed by atoms with Gasteiger partial charge in [-0.15, -0.1) is 11.3 Å². The zero-order valence-corrected chi connectivity index (χ0v) is 18.2. The fraction of sp³-hybridized carbons (Fsp3) is 0.292. The van der Waals surface area contributed by atoms with Crippen molar-refractivity contribution >= 4 is 29.0 Å². The van der Waals surface area contributed by atoms with E-state index >= 15 is 0 Å². The number of rotatable bonds is 3. The third kappa shape index (κ3) is 3.49. The van der Waals surface area contributed by atoms with E-state index in [0.29, 0.717) is 18.7 Å². The van der Waals surface area contributed by atoms with E-state index in [0.717, 1.165) is 29.3 Å². The Labute approximate surface area is 185 Å². The van der Waals surface area contributed by atoms with Crippen molar-refractivity contribution in [2.45, 2.75) is 12.0 Å². The Kier molecular flexibility index (Phi) is 5.19. The van der Waals surface area contributed by atoms with Crippen LogP contribution in [0.1, 0.15) is 32.8 Å². The molecule has 6 nitrogen and oxygen atoms in total. The maximum Gasteiger partial charge on any atom is 0.254 e. The Morgan fingerprint density at radius 2 is 1.77 bits per heavy atom. The van der Waals surface area contributed by atoms with Crippen LogP contribution in [0.2, 0.25) is 0 Å². The minimum Gasteiger partial charge on any atom is -0.353 e. The standard InChI is InChI=1S/C24H24N4O2S/c1-26-22(19-9-6-16-31-19)21(17-7-2-3-8-18(17)23(26)29)24(30)28-14-12-27(13-15-28)20-10-4-5-11-25-20/h2-11,16,21-22H,12-15H2,1H3/t21-,22-/m1/s1. The minimum absolute atomic E-state index is 0.0296. The molecule has 0 radical (unpaired) electrons. The highest BCUT2D eigenvalue weighted by Gasteiger charge is 2.44. The molecule has 0 unspecified atom stereocenters. The summed E-state index contributed by atoms with van der Waals surface area (Å²) in [4.78, 5) is 38.3. The van der Waals surface area contributed by atoms with Crippen LogP contribution in [0, 0.1) is 0 Å². The first-order valence-corrected chi connectivity index (χ1v) is 11.4. The molecule has 0 N–H and O–H groups in total. The van der Waals surface area contributed by atoms with Crippen molar-refractivity contribution in [3.8, 4) is 0 Å². The lowest BCUT2D eigenvalue weighted by atomic mass is 9.81. The molecule has 1 fully saturated rings. The maximum absolute atomic E-state index is 13.9. The van der Waals surface area contributed by atoms with Gasteiger partial charge in [0.05, 0.1) is 12.0 Å². The van der Waals surface area contributed by atoms with Crippen LogP contribution in [0.25, 0.3) is 0 Å². The van der Waals surface area contributed by atoms with Crippen LogP contribution >= 0.6 is 11.3 Å². The van der Waals surface area contributed by atoms with Crippen LogP contribution in [-0.4, -0.2) is 59.8 Å². The minimum atomic E-state index is -0.404. The van der Waals surface area contributed by atoms with Gasteiger partial charge in [0.2, 0.25) is 5.91 Å². The third-order valence-electron chi connectivity index (χ3n) is 6.24. The average molecular weight is 433 g/mol. The number of hydrogen-bond acceptors (Lipinski definition) is 5. The van der Waals surface area contributed by atoms with Gasteiger partial charge in [-0.2, -0.15) is 0 Å². The molecule has 2 aliphatic rings. The van der Waals surface area contributed by atoms with Crippen LogP contribution in [0.4, 0.5) is 5.82 Å². The lowest BCUT2D eigenvalue weighted by molar-refractivity contribution is -0.134. The van der Waals surface area contributed by atoms with Gasteiger partial charge >= 0.3 is 0 Å². The maximum atomic E-state index is 13.9. The molecule has 0 spiro atoms. The largest absolute Gasteiger partial charge is 0.353 e. The highest BCUT2D eigenvalue weighted by atomic mass is 32.1. The van der Waals surface area contributed by atoms with E-state index in [1.807, 2.05) is 71.9 Å². The summed E-state index contributed by atoms with van der Waals surface area (Å²) in [5.41, 5.74) is 1.46. The number of carbonyl (C=O) groups is 2. The van der Waals surface area contributed by atoms with Gasteiger partial charge in [-0.3, -0.25) is 9.59 Å². The predicted octanol–water partition coefficient (Wildman–Crippen LogP) is 3.40. The van der Waals surface area contributed by atoms with E-state index in [4.69, 9.17) is 0 Å². The summed E-state index contributed by atoms with van der Waals surface area (Å²) in [7, 11) is 1.81. The summed E-state index contributed by atoms with van der Waals surface area (Å²) in [6.07, 6.45) is 1.80. The Balaban J connectivity index is 1.45. The number of thiophene rings is 1. The van der Waals surface area contributed by atoms with Crippen molar-refractivity contribution < 1.29 is 9.59 Å². The Morgan fingerprint density at radius 3 is 2.48 bits per heavy atom. The molecule has 0 saturated carbocycles. The van der Waals surface area contributed by atoms with E-state index in [1.165, 1.54) is 0 Å². The van der Waals surface area contributed by atoms with Crippen molar-refractivity contribution in [1.29, 1.82) is 0 Å². The van der Waals surface area contributed by atoms with Crippen LogP contribution in [0.5, 0.6) is 0 Å². The fourth-order valence-electron chi connectivity index (χ4n) is 4.65. The molecule has 7 heteroatoms. The number of likely N-dealkylation sites (N-methyl/N-ethyl adjacent to an activating group) is 1. The first-order valence-electron chi connectivity index (χ1n) is 10.5. The molecule has 158 valence electrons. The van der Waals surface area contributed by atoms with E-state index in [-0.39, 0.29) is 17.9 Å². The molecule has 2 aromatic heterocycles. The van der Waals surface area contributed by atoms with E-state index in [2.05, 4.69) is 9.88 Å². The molecular weight excluding hydrogens is 408 g/mol. The van der Waals surface area contributed by atoms with Gasteiger partial charge in [0.25, 0.3) is 5.91 Å². The smallest absolute Gasteiger partial charge is 0.254 e. The number of anilines is 1. The van der Waals surface area contributed by atoms with Gasteiger partial charge in [0.1, 0.15) is 5.82 Å². The Hall–Kier alpha value is -3.19. The highest BCUT2D eigenvalue weighted by Crippen LogP contribution is 2.44. The van der Waals surface area contributed by atoms with Gasteiger partial charge in [-0.05, 0) is 35.2 Å². The number of aromatic nitrogens is 1. The second-order valence-corrected chi connectivity index (χ2v) is 8.92. The molecule has 0 bridgehead atoms. The highest BCUT2D eigenvalue weighted by molar-refractivity contribution is 7.10. The topological polar surface area (TPSA) is 56.8 Å². The summed E-state index contributed by atoms with van der Waals surface area (Å²) >= 11 is 1.59. The number of fused-ring (bicyclic) bond motifs is 1. The Bertz CT molecular complexity index is 1080. The SMILES string of the molecule is CN1C(=O)c2ccccc2[C@@H](C(=O)N2CCN(c3ccccn3)CC2)[C@H]1c1cccs1.